The lowest BCUT2D eigenvalue weighted by Gasteiger charge is -2.18. The molecule has 0 bridgehead atoms. The van der Waals surface area contributed by atoms with Crippen LogP contribution < -0.4 is 0 Å². The highest BCUT2D eigenvalue weighted by molar-refractivity contribution is 5.71. The summed E-state index contributed by atoms with van der Waals surface area (Å²) in [5.74, 6) is -0.993. The smallest absolute Gasteiger partial charge is 0.306 e. The molecule has 0 heterocycles. The van der Waals surface area contributed by atoms with Crippen LogP contribution in [0.5, 0.6) is 0 Å². The third kappa shape index (κ3) is 49.2. The molecule has 0 rings (SSSR count). The molecule has 0 saturated heterocycles. The topological polar surface area (TPSA) is 78.9 Å². The average Bonchev–Trinajstić information content (AvgIpc) is 3.28. The van der Waals surface area contributed by atoms with Gasteiger partial charge in [0.2, 0.25) is 0 Å². The van der Waals surface area contributed by atoms with Crippen LogP contribution >= 0.6 is 0 Å². The molecule has 0 aromatic heterocycles. The zero-order chi connectivity index (χ0) is 45.8. The van der Waals surface area contributed by atoms with Gasteiger partial charge in [-0.15, -0.1) is 0 Å². The molecule has 1 atom stereocenters. The van der Waals surface area contributed by atoms with Gasteiger partial charge >= 0.3 is 17.9 Å². The summed E-state index contributed by atoms with van der Waals surface area (Å²) in [6, 6.07) is 0. The van der Waals surface area contributed by atoms with E-state index in [2.05, 4.69) is 118 Å². The third-order valence-electron chi connectivity index (χ3n) is 10.5. The maximum Gasteiger partial charge on any atom is 0.306 e. The summed E-state index contributed by atoms with van der Waals surface area (Å²) in [4.78, 5) is 38.0. The zero-order valence-corrected chi connectivity index (χ0v) is 40.8. The number of hydrogen-bond donors (Lipinski definition) is 0. The monoisotopic (exact) mass is 875 g/mol. The Labute approximate surface area is 387 Å². The predicted molar refractivity (Wildman–Crippen MR) is 270 cm³/mol. The Hall–Kier alpha value is -3.67. The van der Waals surface area contributed by atoms with Crippen molar-refractivity contribution in [3.63, 3.8) is 0 Å². The molecule has 0 aliphatic heterocycles. The van der Waals surface area contributed by atoms with Crippen LogP contribution in [0.3, 0.4) is 0 Å². The number of unbranched alkanes of at least 4 members (excludes halogenated alkanes) is 18. The van der Waals surface area contributed by atoms with Crippen LogP contribution in [0.4, 0.5) is 0 Å². The molecule has 0 radical (unpaired) electrons. The minimum absolute atomic E-state index is 0.106. The van der Waals surface area contributed by atoms with Crippen LogP contribution in [-0.2, 0) is 28.6 Å². The van der Waals surface area contributed by atoms with Crippen LogP contribution in [0.2, 0.25) is 0 Å². The molecule has 0 fully saturated rings. The summed E-state index contributed by atoms with van der Waals surface area (Å²) in [5.41, 5.74) is 0. The van der Waals surface area contributed by atoms with Gasteiger partial charge in [-0.05, 0) is 109 Å². The molecular weight excluding hydrogens is 781 g/mol. The lowest BCUT2D eigenvalue weighted by atomic mass is 10.1. The van der Waals surface area contributed by atoms with E-state index in [1.807, 2.05) is 0 Å². The minimum Gasteiger partial charge on any atom is -0.462 e. The van der Waals surface area contributed by atoms with Crippen LogP contribution in [0, 0.1) is 0 Å². The summed E-state index contributed by atoms with van der Waals surface area (Å²) in [6.45, 7) is 6.39. The molecule has 0 amide bonds. The fraction of sp³-hybridized carbons (Fsp3) is 0.667. The largest absolute Gasteiger partial charge is 0.462 e. The number of rotatable bonds is 45. The van der Waals surface area contributed by atoms with Crippen molar-refractivity contribution in [2.24, 2.45) is 0 Å². The molecule has 0 N–H and O–H groups in total. The van der Waals surface area contributed by atoms with E-state index in [-0.39, 0.29) is 37.5 Å². The Bertz CT molecular complexity index is 1280. The summed E-state index contributed by atoms with van der Waals surface area (Å²) in [5, 5.41) is 0. The van der Waals surface area contributed by atoms with Crippen LogP contribution in [0.1, 0.15) is 226 Å². The van der Waals surface area contributed by atoms with E-state index < -0.39 is 6.10 Å². The Morgan fingerprint density at radius 3 is 1.10 bits per heavy atom. The fourth-order valence-electron chi connectivity index (χ4n) is 6.66. The molecular formula is C57H94O6. The lowest BCUT2D eigenvalue weighted by molar-refractivity contribution is -0.167. The average molecular weight is 875 g/mol. The van der Waals surface area contributed by atoms with Gasteiger partial charge in [0, 0.05) is 19.3 Å². The van der Waals surface area contributed by atoms with E-state index in [4.69, 9.17) is 14.2 Å². The maximum absolute atomic E-state index is 12.8. The highest BCUT2D eigenvalue weighted by Crippen LogP contribution is 2.13. The van der Waals surface area contributed by atoms with E-state index in [9.17, 15) is 14.4 Å². The Morgan fingerprint density at radius 1 is 0.333 bits per heavy atom. The Balaban J connectivity index is 4.52. The van der Waals surface area contributed by atoms with Crippen molar-refractivity contribution in [3.8, 4) is 0 Å². The van der Waals surface area contributed by atoms with Crippen molar-refractivity contribution in [1.29, 1.82) is 0 Å². The molecule has 0 aromatic rings. The minimum atomic E-state index is -0.811. The van der Waals surface area contributed by atoms with Gasteiger partial charge in [0.25, 0.3) is 0 Å². The SMILES string of the molecule is CC/C=C\C/C=C\C/C=C\C/C=C\C/C=C\CCCC(=O)OCC(COC(=O)CCCCCCC/C=C\CCCCCCC)OC(=O)CCCCCCC/C=C\C/C=C\CCCC. The maximum atomic E-state index is 12.8. The summed E-state index contributed by atoms with van der Waals surface area (Å²) >= 11 is 0. The summed E-state index contributed by atoms with van der Waals surface area (Å²) in [6.07, 6.45) is 66.8. The van der Waals surface area contributed by atoms with E-state index in [0.717, 1.165) is 116 Å². The van der Waals surface area contributed by atoms with Crippen molar-refractivity contribution in [2.75, 3.05) is 13.2 Å². The number of carbonyl (C=O) groups excluding carboxylic acids is 3. The van der Waals surface area contributed by atoms with Crippen molar-refractivity contribution < 1.29 is 28.6 Å². The van der Waals surface area contributed by atoms with Crippen LogP contribution in [0.25, 0.3) is 0 Å². The number of carbonyl (C=O) groups is 3. The molecule has 1 unspecified atom stereocenters. The van der Waals surface area contributed by atoms with E-state index in [0.29, 0.717) is 19.3 Å². The first-order chi connectivity index (χ1) is 31.0. The predicted octanol–water partition coefficient (Wildman–Crippen LogP) is 17.0. The van der Waals surface area contributed by atoms with Crippen molar-refractivity contribution >= 4 is 17.9 Å². The first kappa shape index (κ1) is 59.3. The zero-order valence-electron chi connectivity index (χ0n) is 40.8. The summed E-state index contributed by atoms with van der Waals surface area (Å²) < 4.78 is 16.7. The number of hydrogen-bond acceptors (Lipinski definition) is 6. The highest BCUT2D eigenvalue weighted by Gasteiger charge is 2.19. The molecule has 0 saturated carbocycles. The fourth-order valence-corrected chi connectivity index (χ4v) is 6.66. The highest BCUT2D eigenvalue weighted by atomic mass is 16.6. The van der Waals surface area contributed by atoms with Gasteiger partial charge in [-0.25, -0.2) is 0 Å². The van der Waals surface area contributed by atoms with Gasteiger partial charge in [-0.2, -0.15) is 0 Å². The molecule has 0 spiro atoms. The number of allylic oxidation sites excluding steroid dienone is 16. The second kappa shape index (κ2) is 51.0. The lowest BCUT2D eigenvalue weighted by Crippen LogP contribution is -2.30. The van der Waals surface area contributed by atoms with Gasteiger partial charge < -0.3 is 14.2 Å². The molecule has 0 aromatic carbocycles. The van der Waals surface area contributed by atoms with E-state index in [1.54, 1.807) is 0 Å². The van der Waals surface area contributed by atoms with Crippen LogP contribution in [0.15, 0.2) is 97.2 Å². The van der Waals surface area contributed by atoms with E-state index >= 15 is 0 Å². The Morgan fingerprint density at radius 2 is 0.651 bits per heavy atom. The normalized spacial score (nSPS) is 12.9. The van der Waals surface area contributed by atoms with E-state index in [1.165, 1.54) is 64.2 Å². The molecule has 358 valence electrons. The Kier molecular flexibility index (Phi) is 48.0. The van der Waals surface area contributed by atoms with Gasteiger partial charge in [-0.1, -0.05) is 195 Å². The first-order valence-electron chi connectivity index (χ1n) is 25.7. The number of ether oxygens (including phenoxy) is 3. The standard InChI is InChI=1S/C57H94O6/c1-4-7-10-13-16-19-22-25-28-29-30-33-35-38-41-44-47-50-56(59)62-53-54(63-57(60)51-48-45-42-39-36-32-27-24-21-18-15-12-9-6-3)52-61-55(58)49-46-43-40-37-34-31-26-23-20-17-14-11-8-5-2/h7,10,15-16,18-19,23-28,30,33,38,41,54H,4-6,8-9,11-14,17,20-22,29,31-32,34-37,39-40,42-53H2,1-3H3/b10-7-,18-15-,19-16-,26-23-,27-24-,28-25-,33-30-,41-38-. The van der Waals surface area contributed by atoms with Gasteiger partial charge in [0.15, 0.2) is 6.10 Å². The summed E-state index contributed by atoms with van der Waals surface area (Å²) in [7, 11) is 0. The molecule has 63 heavy (non-hydrogen) atoms. The first-order valence-corrected chi connectivity index (χ1v) is 25.7. The third-order valence-corrected chi connectivity index (χ3v) is 10.5. The molecule has 0 aliphatic rings. The van der Waals surface area contributed by atoms with Crippen molar-refractivity contribution in [1.82, 2.24) is 0 Å². The van der Waals surface area contributed by atoms with Crippen molar-refractivity contribution in [3.05, 3.63) is 97.2 Å². The second-order valence-electron chi connectivity index (χ2n) is 16.7. The molecule has 0 aliphatic carbocycles. The van der Waals surface area contributed by atoms with Gasteiger partial charge in [0.05, 0.1) is 0 Å². The van der Waals surface area contributed by atoms with Crippen LogP contribution in [-0.4, -0.2) is 37.2 Å². The van der Waals surface area contributed by atoms with Gasteiger partial charge in [0.1, 0.15) is 13.2 Å². The number of esters is 3. The van der Waals surface area contributed by atoms with Gasteiger partial charge in [-0.3, -0.25) is 14.4 Å². The second-order valence-corrected chi connectivity index (χ2v) is 16.7. The molecule has 6 heteroatoms. The molecule has 6 nitrogen and oxygen atoms in total. The quantitative estimate of drug-likeness (QED) is 0.0262. The van der Waals surface area contributed by atoms with Crippen molar-refractivity contribution in [2.45, 2.75) is 232 Å².